The number of fused-ring (bicyclic) bond motifs is 2. The topological polar surface area (TPSA) is 20.7 Å². The van der Waals surface area contributed by atoms with E-state index in [0.717, 1.165) is 21.5 Å². The normalized spacial score (nSPS) is 11.3. The van der Waals surface area contributed by atoms with Gasteiger partial charge in [0.25, 0.3) is 0 Å². The number of rotatable bonds is 1. The van der Waals surface area contributed by atoms with Crippen molar-refractivity contribution < 1.29 is 0 Å². The van der Waals surface area contributed by atoms with E-state index in [-0.39, 0.29) is 0 Å². The largest absolute Gasteiger partial charge is 0.330 e. The molecule has 0 amide bonds. The van der Waals surface area contributed by atoms with Crippen LogP contribution in [0.5, 0.6) is 0 Å². The molecule has 0 aliphatic carbocycles. The Bertz CT molecular complexity index is 1020. The van der Waals surface area contributed by atoms with E-state index in [9.17, 15) is 0 Å². The standard InChI is InChI=1S/C18H14N2S/c1-12-6-9-17-16(10-12)19-18(21)20(17)15-8-7-13-4-2-3-5-14(13)11-15/h2-11H,1H3,(H,19,21). The lowest BCUT2D eigenvalue weighted by Crippen LogP contribution is -1.93. The van der Waals surface area contributed by atoms with Crippen LogP contribution in [0.4, 0.5) is 0 Å². The highest BCUT2D eigenvalue weighted by atomic mass is 32.1. The molecule has 0 bridgehead atoms. The zero-order valence-electron chi connectivity index (χ0n) is 11.6. The summed E-state index contributed by atoms with van der Waals surface area (Å²) in [4.78, 5) is 3.29. The van der Waals surface area contributed by atoms with Crippen LogP contribution in [0.3, 0.4) is 0 Å². The van der Waals surface area contributed by atoms with E-state index in [4.69, 9.17) is 12.2 Å². The predicted octanol–water partition coefficient (Wildman–Crippen LogP) is 5.15. The summed E-state index contributed by atoms with van der Waals surface area (Å²) >= 11 is 5.51. The second kappa shape index (κ2) is 4.57. The number of aryl methyl sites for hydroxylation is 1. The maximum absolute atomic E-state index is 5.51. The van der Waals surface area contributed by atoms with Crippen LogP contribution in [0, 0.1) is 11.7 Å². The van der Waals surface area contributed by atoms with Crippen molar-refractivity contribution in [1.29, 1.82) is 0 Å². The van der Waals surface area contributed by atoms with Crippen LogP contribution in [0.25, 0.3) is 27.5 Å². The summed E-state index contributed by atoms with van der Waals surface area (Å²) in [6.45, 7) is 2.09. The Hall–Kier alpha value is -2.39. The monoisotopic (exact) mass is 290 g/mol. The molecule has 1 N–H and O–H groups in total. The van der Waals surface area contributed by atoms with Crippen molar-refractivity contribution in [3.05, 3.63) is 71.0 Å². The highest BCUT2D eigenvalue weighted by molar-refractivity contribution is 7.71. The van der Waals surface area contributed by atoms with Gasteiger partial charge in [-0.05, 0) is 59.7 Å². The van der Waals surface area contributed by atoms with Crippen LogP contribution in [0.2, 0.25) is 0 Å². The maximum Gasteiger partial charge on any atom is 0.182 e. The van der Waals surface area contributed by atoms with Gasteiger partial charge < -0.3 is 4.98 Å². The van der Waals surface area contributed by atoms with E-state index >= 15 is 0 Å². The Labute approximate surface area is 127 Å². The first-order chi connectivity index (χ1) is 10.2. The zero-order chi connectivity index (χ0) is 14.4. The van der Waals surface area contributed by atoms with Gasteiger partial charge in [-0.25, -0.2) is 0 Å². The molecule has 0 aliphatic heterocycles. The molecule has 4 rings (SSSR count). The number of nitrogens with one attached hydrogen (secondary N) is 1. The quantitative estimate of drug-likeness (QED) is 0.481. The molecule has 0 radical (unpaired) electrons. The molecule has 2 nitrogen and oxygen atoms in total. The summed E-state index contributed by atoms with van der Waals surface area (Å²) in [5.41, 5.74) is 4.51. The third-order valence-corrected chi connectivity index (χ3v) is 4.11. The highest BCUT2D eigenvalue weighted by Crippen LogP contribution is 2.23. The number of imidazole rings is 1. The molecule has 4 aromatic rings. The molecule has 0 aliphatic rings. The number of nitrogens with zero attached hydrogens (tertiary/aromatic N) is 1. The highest BCUT2D eigenvalue weighted by Gasteiger charge is 2.07. The first-order valence-electron chi connectivity index (χ1n) is 6.93. The van der Waals surface area contributed by atoms with Gasteiger partial charge in [0.15, 0.2) is 4.77 Å². The molecular weight excluding hydrogens is 276 g/mol. The van der Waals surface area contributed by atoms with Crippen molar-refractivity contribution in [3.63, 3.8) is 0 Å². The van der Waals surface area contributed by atoms with Crippen molar-refractivity contribution in [2.24, 2.45) is 0 Å². The van der Waals surface area contributed by atoms with Crippen LogP contribution < -0.4 is 0 Å². The maximum atomic E-state index is 5.51. The molecule has 3 heteroatoms. The number of benzene rings is 3. The van der Waals surface area contributed by atoms with Gasteiger partial charge in [-0.3, -0.25) is 4.57 Å². The Kier molecular flexibility index (Phi) is 2.69. The zero-order valence-corrected chi connectivity index (χ0v) is 12.4. The number of hydrogen-bond acceptors (Lipinski definition) is 1. The molecule has 0 atom stereocenters. The molecule has 0 unspecified atom stereocenters. The minimum absolute atomic E-state index is 0.728. The average Bonchev–Trinajstić information content (AvgIpc) is 2.81. The number of aromatic nitrogens is 2. The van der Waals surface area contributed by atoms with E-state index in [1.165, 1.54) is 16.3 Å². The van der Waals surface area contributed by atoms with Crippen molar-refractivity contribution in [2.45, 2.75) is 6.92 Å². The molecular formula is C18H14N2S. The Morgan fingerprint density at radius 1 is 0.905 bits per heavy atom. The number of hydrogen-bond donors (Lipinski definition) is 1. The van der Waals surface area contributed by atoms with E-state index in [1.54, 1.807) is 0 Å². The van der Waals surface area contributed by atoms with E-state index in [0.29, 0.717) is 0 Å². The number of aromatic amines is 1. The van der Waals surface area contributed by atoms with Crippen molar-refractivity contribution >= 4 is 34.0 Å². The van der Waals surface area contributed by atoms with Crippen molar-refractivity contribution in [1.82, 2.24) is 9.55 Å². The fraction of sp³-hybridized carbons (Fsp3) is 0.0556. The van der Waals surface area contributed by atoms with Gasteiger partial charge in [0, 0.05) is 5.69 Å². The van der Waals surface area contributed by atoms with Gasteiger partial charge in [-0.2, -0.15) is 0 Å². The molecule has 1 heterocycles. The summed E-state index contributed by atoms with van der Waals surface area (Å²) in [7, 11) is 0. The van der Waals surface area contributed by atoms with Gasteiger partial charge in [-0.1, -0.05) is 36.4 Å². The lowest BCUT2D eigenvalue weighted by molar-refractivity contribution is 1.07. The first kappa shape index (κ1) is 12.4. The van der Waals surface area contributed by atoms with Gasteiger partial charge in [0.05, 0.1) is 11.0 Å². The van der Waals surface area contributed by atoms with E-state index in [2.05, 4.69) is 77.1 Å². The fourth-order valence-electron chi connectivity index (χ4n) is 2.80. The molecule has 0 saturated heterocycles. The molecule has 0 fully saturated rings. The summed E-state index contributed by atoms with van der Waals surface area (Å²) in [6.07, 6.45) is 0. The van der Waals surface area contributed by atoms with Gasteiger partial charge in [-0.15, -0.1) is 0 Å². The molecule has 21 heavy (non-hydrogen) atoms. The van der Waals surface area contributed by atoms with Gasteiger partial charge in [0.2, 0.25) is 0 Å². The predicted molar refractivity (Wildman–Crippen MR) is 90.7 cm³/mol. The molecule has 102 valence electrons. The SMILES string of the molecule is Cc1ccc2c(c1)[nH]c(=S)n2-c1ccc2ccccc2c1. The Morgan fingerprint density at radius 2 is 1.71 bits per heavy atom. The lowest BCUT2D eigenvalue weighted by Gasteiger charge is -2.06. The van der Waals surface area contributed by atoms with Crippen LogP contribution in [-0.4, -0.2) is 9.55 Å². The third kappa shape index (κ3) is 1.98. The minimum atomic E-state index is 0.728. The number of H-pyrrole nitrogens is 1. The van der Waals surface area contributed by atoms with Gasteiger partial charge >= 0.3 is 0 Å². The molecule has 0 spiro atoms. The molecule has 1 aromatic heterocycles. The fourth-order valence-corrected chi connectivity index (χ4v) is 3.11. The summed E-state index contributed by atoms with van der Waals surface area (Å²) in [6, 6.07) is 21.2. The van der Waals surface area contributed by atoms with Crippen LogP contribution in [-0.2, 0) is 0 Å². The molecule has 0 saturated carbocycles. The second-order valence-electron chi connectivity index (χ2n) is 5.32. The Balaban J connectivity index is 2.03. The van der Waals surface area contributed by atoms with Crippen LogP contribution >= 0.6 is 12.2 Å². The summed E-state index contributed by atoms with van der Waals surface area (Å²) < 4.78 is 2.82. The summed E-state index contributed by atoms with van der Waals surface area (Å²) in [5, 5.41) is 2.46. The van der Waals surface area contributed by atoms with Crippen molar-refractivity contribution in [2.75, 3.05) is 0 Å². The lowest BCUT2D eigenvalue weighted by atomic mass is 10.1. The first-order valence-corrected chi connectivity index (χ1v) is 7.34. The Morgan fingerprint density at radius 3 is 2.57 bits per heavy atom. The second-order valence-corrected chi connectivity index (χ2v) is 5.70. The van der Waals surface area contributed by atoms with E-state index in [1.807, 2.05) is 0 Å². The average molecular weight is 290 g/mol. The van der Waals surface area contributed by atoms with Crippen molar-refractivity contribution in [3.8, 4) is 5.69 Å². The third-order valence-electron chi connectivity index (χ3n) is 3.83. The smallest absolute Gasteiger partial charge is 0.182 e. The van der Waals surface area contributed by atoms with Crippen LogP contribution in [0.1, 0.15) is 5.56 Å². The van der Waals surface area contributed by atoms with Crippen LogP contribution in [0.15, 0.2) is 60.7 Å². The minimum Gasteiger partial charge on any atom is -0.330 e. The van der Waals surface area contributed by atoms with Gasteiger partial charge in [0.1, 0.15) is 0 Å². The summed E-state index contributed by atoms with van der Waals surface area (Å²) in [5.74, 6) is 0. The molecule has 3 aromatic carbocycles. The van der Waals surface area contributed by atoms with E-state index < -0.39 is 0 Å².